The fourth-order valence-corrected chi connectivity index (χ4v) is 2.57. The number of rotatable bonds is 2. The molecule has 1 aromatic rings. The van der Waals surface area contributed by atoms with Gasteiger partial charge in [-0.2, -0.15) is 0 Å². The Labute approximate surface area is 94.8 Å². The molecule has 5 heteroatoms. The van der Waals surface area contributed by atoms with Gasteiger partial charge in [0.25, 0.3) is 0 Å². The maximum absolute atomic E-state index is 11.4. The summed E-state index contributed by atoms with van der Waals surface area (Å²) < 4.78 is 6.16. The summed E-state index contributed by atoms with van der Waals surface area (Å²) >= 11 is 5.04. The van der Waals surface area contributed by atoms with Crippen LogP contribution in [0.3, 0.4) is 0 Å². The zero-order valence-electron chi connectivity index (χ0n) is 7.53. The molecule has 0 radical (unpaired) electrons. The number of nitrogens with zero attached hydrogens (tertiary/aromatic N) is 1. The standard InChI is InChI=1S/C9H10BrNO2S/c10-8-3-7(6-14-8)4-11-1-2-13-5-9(11)12/h3,6H,1-2,4-5H2. The molecular formula is C9H10BrNO2S. The molecule has 0 unspecified atom stereocenters. The molecule has 0 saturated carbocycles. The highest BCUT2D eigenvalue weighted by Crippen LogP contribution is 2.22. The molecule has 0 N–H and O–H groups in total. The van der Waals surface area contributed by atoms with E-state index in [4.69, 9.17) is 4.74 Å². The van der Waals surface area contributed by atoms with Crippen LogP contribution in [-0.2, 0) is 16.1 Å². The van der Waals surface area contributed by atoms with Crippen molar-refractivity contribution in [2.75, 3.05) is 19.8 Å². The Bertz CT molecular complexity index is 339. The van der Waals surface area contributed by atoms with E-state index in [2.05, 4.69) is 21.3 Å². The topological polar surface area (TPSA) is 29.5 Å². The van der Waals surface area contributed by atoms with Gasteiger partial charge in [-0.05, 0) is 32.9 Å². The van der Waals surface area contributed by atoms with E-state index in [1.165, 1.54) is 5.56 Å². The van der Waals surface area contributed by atoms with Gasteiger partial charge in [-0.3, -0.25) is 4.79 Å². The van der Waals surface area contributed by atoms with Crippen LogP contribution in [0, 0.1) is 0 Å². The highest BCUT2D eigenvalue weighted by Gasteiger charge is 2.18. The van der Waals surface area contributed by atoms with E-state index in [1.807, 2.05) is 11.0 Å². The summed E-state index contributed by atoms with van der Waals surface area (Å²) in [5, 5.41) is 2.06. The van der Waals surface area contributed by atoms with Crippen LogP contribution in [0.25, 0.3) is 0 Å². The minimum atomic E-state index is 0.0820. The van der Waals surface area contributed by atoms with E-state index in [0.29, 0.717) is 19.7 Å². The van der Waals surface area contributed by atoms with Gasteiger partial charge in [0.15, 0.2) is 0 Å². The number of amides is 1. The number of morpholine rings is 1. The summed E-state index contributed by atoms with van der Waals surface area (Å²) in [5.41, 5.74) is 1.18. The predicted octanol–water partition coefficient (Wildman–Crippen LogP) is 1.87. The number of hydrogen-bond donors (Lipinski definition) is 0. The van der Waals surface area contributed by atoms with Gasteiger partial charge in [-0.15, -0.1) is 11.3 Å². The lowest BCUT2D eigenvalue weighted by molar-refractivity contribution is -0.143. The first kappa shape index (κ1) is 10.1. The van der Waals surface area contributed by atoms with Crippen molar-refractivity contribution in [1.29, 1.82) is 0 Å². The Morgan fingerprint density at radius 3 is 3.14 bits per heavy atom. The molecule has 1 fully saturated rings. The number of thiophene rings is 1. The van der Waals surface area contributed by atoms with Crippen LogP contribution in [0.1, 0.15) is 5.56 Å². The Kier molecular flexibility index (Phi) is 3.20. The molecule has 2 rings (SSSR count). The third-order valence-corrected chi connectivity index (χ3v) is 3.63. The summed E-state index contributed by atoms with van der Waals surface area (Å²) in [5.74, 6) is 0.0820. The van der Waals surface area contributed by atoms with Gasteiger partial charge in [0.05, 0.1) is 10.4 Å². The number of carbonyl (C=O) groups excluding carboxylic acids is 1. The second kappa shape index (κ2) is 4.42. The van der Waals surface area contributed by atoms with E-state index >= 15 is 0 Å². The second-order valence-corrected chi connectivity index (χ2v) is 5.42. The highest BCUT2D eigenvalue weighted by atomic mass is 79.9. The van der Waals surface area contributed by atoms with E-state index in [-0.39, 0.29) is 12.5 Å². The molecule has 0 atom stereocenters. The third kappa shape index (κ3) is 2.34. The summed E-state index contributed by atoms with van der Waals surface area (Å²) in [6.45, 7) is 2.28. The lowest BCUT2D eigenvalue weighted by Crippen LogP contribution is -2.40. The van der Waals surface area contributed by atoms with Crippen LogP contribution in [0.5, 0.6) is 0 Å². The number of halogens is 1. The average Bonchev–Trinajstić information content (AvgIpc) is 2.56. The normalized spacial score (nSPS) is 17.5. The van der Waals surface area contributed by atoms with Crippen LogP contribution < -0.4 is 0 Å². The van der Waals surface area contributed by atoms with Gasteiger partial charge in [0.2, 0.25) is 5.91 Å². The van der Waals surface area contributed by atoms with Crippen LogP contribution >= 0.6 is 27.3 Å². The smallest absolute Gasteiger partial charge is 0.248 e. The van der Waals surface area contributed by atoms with Crippen LogP contribution in [0.2, 0.25) is 0 Å². The summed E-state index contributed by atoms with van der Waals surface area (Å²) in [4.78, 5) is 13.2. The van der Waals surface area contributed by atoms with Crippen molar-refractivity contribution in [2.24, 2.45) is 0 Å². The molecular weight excluding hydrogens is 266 g/mol. The van der Waals surface area contributed by atoms with Crippen molar-refractivity contribution >= 4 is 33.2 Å². The summed E-state index contributed by atoms with van der Waals surface area (Å²) in [6, 6.07) is 2.05. The third-order valence-electron chi connectivity index (χ3n) is 2.08. The zero-order chi connectivity index (χ0) is 9.97. The molecule has 0 bridgehead atoms. The fraction of sp³-hybridized carbons (Fsp3) is 0.444. The summed E-state index contributed by atoms with van der Waals surface area (Å²) in [7, 11) is 0. The molecule has 1 aliphatic rings. The fourth-order valence-electron chi connectivity index (χ4n) is 1.37. The largest absolute Gasteiger partial charge is 0.370 e. The molecule has 3 nitrogen and oxygen atoms in total. The quantitative estimate of drug-likeness (QED) is 0.825. The summed E-state index contributed by atoms with van der Waals surface area (Å²) in [6.07, 6.45) is 0. The van der Waals surface area contributed by atoms with Crippen molar-refractivity contribution < 1.29 is 9.53 Å². The average molecular weight is 276 g/mol. The van der Waals surface area contributed by atoms with E-state index in [1.54, 1.807) is 11.3 Å². The van der Waals surface area contributed by atoms with Crippen LogP contribution in [0.15, 0.2) is 15.2 Å². The first-order chi connectivity index (χ1) is 6.75. The van der Waals surface area contributed by atoms with E-state index in [9.17, 15) is 4.79 Å². The van der Waals surface area contributed by atoms with Gasteiger partial charge in [-0.25, -0.2) is 0 Å². The number of ether oxygens (including phenoxy) is 1. The van der Waals surface area contributed by atoms with Crippen molar-refractivity contribution in [3.05, 3.63) is 20.8 Å². The van der Waals surface area contributed by atoms with Crippen molar-refractivity contribution in [2.45, 2.75) is 6.54 Å². The van der Waals surface area contributed by atoms with E-state index in [0.717, 1.165) is 3.79 Å². The lowest BCUT2D eigenvalue weighted by Gasteiger charge is -2.26. The van der Waals surface area contributed by atoms with E-state index < -0.39 is 0 Å². The van der Waals surface area contributed by atoms with Gasteiger partial charge in [-0.1, -0.05) is 0 Å². The number of carbonyl (C=O) groups is 1. The first-order valence-corrected chi connectivity index (χ1v) is 6.01. The molecule has 1 saturated heterocycles. The Hall–Kier alpha value is -0.390. The SMILES string of the molecule is O=C1COCCN1Cc1csc(Br)c1. The Morgan fingerprint density at radius 1 is 1.64 bits per heavy atom. The molecule has 0 spiro atoms. The number of hydrogen-bond acceptors (Lipinski definition) is 3. The Morgan fingerprint density at radius 2 is 2.50 bits per heavy atom. The van der Waals surface area contributed by atoms with Crippen molar-refractivity contribution in [3.8, 4) is 0 Å². The molecule has 0 aliphatic carbocycles. The molecule has 2 heterocycles. The van der Waals surface area contributed by atoms with Crippen LogP contribution in [0.4, 0.5) is 0 Å². The van der Waals surface area contributed by atoms with Crippen molar-refractivity contribution in [1.82, 2.24) is 4.90 Å². The molecule has 1 aromatic heterocycles. The maximum Gasteiger partial charge on any atom is 0.248 e. The molecule has 1 amide bonds. The maximum atomic E-state index is 11.4. The van der Waals surface area contributed by atoms with Crippen LogP contribution in [-0.4, -0.2) is 30.6 Å². The molecule has 76 valence electrons. The predicted molar refractivity (Wildman–Crippen MR) is 58.3 cm³/mol. The van der Waals surface area contributed by atoms with Gasteiger partial charge >= 0.3 is 0 Å². The van der Waals surface area contributed by atoms with Gasteiger partial charge in [0, 0.05) is 13.1 Å². The minimum absolute atomic E-state index is 0.0820. The van der Waals surface area contributed by atoms with Crippen molar-refractivity contribution in [3.63, 3.8) is 0 Å². The lowest BCUT2D eigenvalue weighted by atomic mass is 10.3. The monoisotopic (exact) mass is 275 g/mol. The molecule has 14 heavy (non-hydrogen) atoms. The highest BCUT2D eigenvalue weighted by molar-refractivity contribution is 9.11. The zero-order valence-corrected chi connectivity index (χ0v) is 9.94. The molecule has 0 aromatic carbocycles. The Balaban J connectivity index is 1.99. The second-order valence-electron chi connectivity index (χ2n) is 3.13. The van der Waals surface area contributed by atoms with Gasteiger partial charge < -0.3 is 9.64 Å². The van der Waals surface area contributed by atoms with Gasteiger partial charge in [0.1, 0.15) is 6.61 Å². The first-order valence-electron chi connectivity index (χ1n) is 4.34. The minimum Gasteiger partial charge on any atom is -0.370 e. The molecule has 1 aliphatic heterocycles.